The highest BCUT2D eigenvalue weighted by molar-refractivity contribution is 6.13. The van der Waals surface area contributed by atoms with Crippen molar-refractivity contribution < 1.29 is 27.6 Å². The third-order valence-corrected chi connectivity index (χ3v) is 3.48. The summed E-state index contributed by atoms with van der Waals surface area (Å²) in [5.74, 6) is -1.21. The minimum absolute atomic E-state index is 0.0286. The van der Waals surface area contributed by atoms with E-state index in [9.17, 15) is 28.1 Å². The summed E-state index contributed by atoms with van der Waals surface area (Å²) in [6, 6.07) is 9.83. The van der Waals surface area contributed by atoms with E-state index in [1.54, 1.807) is 0 Å². The Labute approximate surface area is 144 Å². The molecule has 0 aliphatic carbocycles. The van der Waals surface area contributed by atoms with E-state index in [1.807, 2.05) is 0 Å². The number of hydrogen-bond donors (Lipinski definition) is 0. The first kappa shape index (κ1) is 17.3. The highest BCUT2D eigenvalue weighted by Gasteiger charge is 2.32. The number of alkyl halides is 3. The molecule has 0 unspecified atom stereocenters. The van der Waals surface area contributed by atoms with Crippen LogP contribution < -0.4 is 0 Å². The molecule has 2 aromatic carbocycles. The molecule has 1 heterocycles. The predicted octanol–water partition coefficient (Wildman–Crippen LogP) is 3.96. The van der Waals surface area contributed by atoms with Crippen LogP contribution >= 0.6 is 0 Å². The van der Waals surface area contributed by atoms with Gasteiger partial charge in [-0.3, -0.25) is 10.1 Å². The fraction of sp³-hybridized carbons (Fsp3) is 0.0588. The first-order valence-corrected chi connectivity index (χ1v) is 7.19. The van der Waals surface area contributed by atoms with Gasteiger partial charge < -0.3 is 4.74 Å². The van der Waals surface area contributed by atoms with Gasteiger partial charge in [-0.2, -0.15) is 13.2 Å². The second-order valence-electron chi connectivity index (χ2n) is 5.23. The summed E-state index contributed by atoms with van der Waals surface area (Å²) in [5, 5.41) is 11.0. The highest BCUT2D eigenvalue weighted by Crippen LogP contribution is 2.30. The van der Waals surface area contributed by atoms with Crippen LogP contribution in [0.5, 0.6) is 0 Å². The standard InChI is InChI=1S/C17H9F3N2O4/c18-17(19,20)12-6-3-5-11(8-12)15-21-13(16(23)26-15)9-10-4-1-2-7-14(10)22(24)25/h1-9H/b13-9-. The average molecular weight is 362 g/mol. The Morgan fingerprint density at radius 3 is 2.54 bits per heavy atom. The number of benzene rings is 2. The van der Waals surface area contributed by atoms with Gasteiger partial charge in [-0.15, -0.1) is 0 Å². The number of esters is 1. The highest BCUT2D eigenvalue weighted by atomic mass is 19.4. The summed E-state index contributed by atoms with van der Waals surface area (Å²) in [6.07, 6.45) is -3.40. The van der Waals surface area contributed by atoms with Crippen molar-refractivity contribution in [2.45, 2.75) is 6.18 Å². The van der Waals surface area contributed by atoms with Crippen LogP contribution in [0.25, 0.3) is 6.08 Å². The minimum atomic E-state index is -4.55. The van der Waals surface area contributed by atoms with Crippen LogP contribution in [0.3, 0.4) is 0 Å². The zero-order valence-electron chi connectivity index (χ0n) is 12.9. The second-order valence-corrected chi connectivity index (χ2v) is 5.23. The van der Waals surface area contributed by atoms with E-state index in [0.29, 0.717) is 0 Å². The first-order valence-electron chi connectivity index (χ1n) is 7.19. The number of cyclic esters (lactones) is 1. The molecule has 9 heteroatoms. The molecule has 0 aromatic heterocycles. The normalized spacial score (nSPS) is 15.7. The van der Waals surface area contributed by atoms with Crippen molar-refractivity contribution in [1.29, 1.82) is 0 Å². The maximum absolute atomic E-state index is 12.8. The number of ether oxygens (including phenoxy) is 1. The Hall–Kier alpha value is -3.49. The molecule has 132 valence electrons. The summed E-state index contributed by atoms with van der Waals surface area (Å²) in [5.41, 5.74) is -1.30. The summed E-state index contributed by atoms with van der Waals surface area (Å²) in [7, 11) is 0. The van der Waals surface area contributed by atoms with Gasteiger partial charge in [-0.05, 0) is 30.3 Å². The van der Waals surface area contributed by atoms with Crippen molar-refractivity contribution in [3.05, 3.63) is 81.0 Å². The number of carbonyl (C=O) groups is 1. The maximum Gasteiger partial charge on any atom is 0.416 e. The molecule has 0 amide bonds. The zero-order valence-corrected chi connectivity index (χ0v) is 12.9. The molecule has 0 radical (unpaired) electrons. The number of hydrogen-bond acceptors (Lipinski definition) is 5. The van der Waals surface area contributed by atoms with Gasteiger partial charge in [0.05, 0.1) is 16.1 Å². The predicted molar refractivity (Wildman–Crippen MR) is 85.1 cm³/mol. The molecule has 26 heavy (non-hydrogen) atoms. The SMILES string of the molecule is O=C1OC(c2cccc(C(F)(F)F)c2)=N/C1=C\c1ccccc1[N+](=O)[O-]. The van der Waals surface area contributed by atoms with E-state index >= 15 is 0 Å². The maximum atomic E-state index is 12.8. The number of carbonyl (C=O) groups excluding carboxylic acids is 1. The van der Waals surface area contributed by atoms with Gasteiger partial charge in [0, 0.05) is 11.6 Å². The lowest BCUT2D eigenvalue weighted by Crippen LogP contribution is -2.09. The van der Waals surface area contributed by atoms with Crippen molar-refractivity contribution in [1.82, 2.24) is 0 Å². The number of nitro benzene ring substituents is 1. The van der Waals surface area contributed by atoms with Crippen LogP contribution in [0.2, 0.25) is 0 Å². The minimum Gasteiger partial charge on any atom is -0.402 e. The van der Waals surface area contributed by atoms with Crippen molar-refractivity contribution in [2.24, 2.45) is 4.99 Å². The molecule has 0 spiro atoms. The Morgan fingerprint density at radius 1 is 1.12 bits per heavy atom. The molecule has 0 saturated heterocycles. The topological polar surface area (TPSA) is 81.8 Å². The lowest BCUT2D eigenvalue weighted by Gasteiger charge is -2.07. The molecule has 0 saturated carbocycles. The van der Waals surface area contributed by atoms with Gasteiger partial charge in [0.15, 0.2) is 5.70 Å². The monoisotopic (exact) mass is 362 g/mol. The number of nitro groups is 1. The molecule has 6 nitrogen and oxygen atoms in total. The number of aliphatic imine (C=N–C) groups is 1. The van der Waals surface area contributed by atoms with Gasteiger partial charge in [-0.1, -0.05) is 18.2 Å². The molecule has 0 atom stereocenters. The molecular formula is C17H9F3N2O4. The molecular weight excluding hydrogens is 353 g/mol. The molecule has 3 rings (SSSR count). The molecule has 1 aliphatic rings. The summed E-state index contributed by atoms with van der Waals surface area (Å²) < 4.78 is 43.3. The van der Waals surface area contributed by atoms with Crippen molar-refractivity contribution in [3.63, 3.8) is 0 Å². The fourth-order valence-electron chi connectivity index (χ4n) is 2.28. The summed E-state index contributed by atoms with van der Waals surface area (Å²) >= 11 is 0. The number of nitrogens with zero attached hydrogens (tertiary/aromatic N) is 2. The van der Waals surface area contributed by atoms with Crippen LogP contribution in [0, 0.1) is 10.1 Å². The molecule has 0 N–H and O–H groups in total. The van der Waals surface area contributed by atoms with Crippen LogP contribution in [0.15, 0.2) is 59.2 Å². The first-order chi connectivity index (χ1) is 12.3. The molecule has 1 aliphatic heterocycles. The van der Waals surface area contributed by atoms with Gasteiger partial charge in [0.1, 0.15) is 0 Å². The number of rotatable bonds is 3. The van der Waals surface area contributed by atoms with Crippen LogP contribution in [-0.4, -0.2) is 16.8 Å². The second kappa shape index (κ2) is 6.43. The van der Waals surface area contributed by atoms with Crippen LogP contribution in [-0.2, 0) is 15.7 Å². The van der Waals surface area contributed by atoms with Crippen LogP contribution in [0.4, 0.5) is 18.9 Å². The fourth-order valence-corrected chi connectivity index (χ4v) is 2.28. The van der Waals surface area contributed by atoms with E-state index in [0.717, 1.165) is 24.3 Å². The molecule has 0 bridgehead atoms. The Kier molecular flexibility index (Phi) is 4.29. The van der Waals surface area contributed by atoms with Crippen molar-refractivity contribution in [2.75, 3.05) is 0 Å². The van der Waals surface area contributed by atoms with Crippen LogP contribution in [0.1, 0.15) is 16.7 Å². The molecule has 2 aromatic rings. The van der Waals surface area contributed by atoms with Gasteiger partial charge in [-0.25, -0.2) is 9.79 Å². The third kappa shape index (κ3) is 3.46. The van der Waals surface area contributed by atoms with Crippen molar-refractivity contribution >= 4 is 23.6 Å². The number of para-hydroxylation sites is 1. The Balaban J connectivity index is 1.99. The molecule has 0 fully saturated rings. The van der Waals surface area contributed by atoms with Gasteiger partial charge in [0.2, 0.25) is 5.90 Å². The quantitative estimate of drug-likeness (QED) is 0.358. The van der Waals surface area contributed by atoms with E-state index in [2.05, 4.69) is 4.99 Å². The number of halogens is 3. The van der Waals surface area contributed by atoms with E-state index in [-0.39, 0.29) is 28.4 Å². The van der Waals surface area contributed by atoms with Gasteiger partial charge >= 0.3 is 12.1 Å². The zero-order chi connectivity index (χ0) is 18.9. The van der Waals surface area contributed by atoms with E-state index in [1.165, 1.54) is 30.3 Å². The Morgan fingerprint density at radius 2 is 1.85 bits per heavy atom. The smallest absolute Gasteiger partial charge is 0.402 e. The Bertz CT molecular complexity index is 964. The van der Waals surface area contributed by atoms with Crippen molar-refractivity contribution in [3.8, 4) is 0 Å². The van der Waals surface area contributed by atoms with Gasteiger partial charge in [0.25, 0.3) is 5.69 Å². The lowest BCUT2D eigenvalue weighted by molar-refractivity contribution is -0.385. The largest absolute Gasteiger partial charge is 0.416 e. The van der Waals surface area contributed by atoms with E-state index < -0.39 is 22.6 Å². The van der Waals surface area contributed by atoms with E-state index in [4.69, 9.17) is 4.74 Å². The summed E-state index contributed by atoms with van der Waals surface area (Å²) in [4.78, 5) is 26.2. The average Bonchev–Trinajstić information content (AvgIpc) is 2.95. The lowest BCUT2D eigenvalue weighted by atomic mass is 10.1. The third-order valence-electron chi connectivity index (χ3n) is 3.48. The summed E-state index contributed by atoms with van der Waals surface area (Å²) in [6.45, 7) is 0.